The van der Waals surface area contributed by atoms with E-state index < -0.39 is 23.8 Å². The van der Waals surface area contributed by atoms with Crippen molar-refractivity contribution in [2.75, 3.05) is 13.1 Å². The number of fused-ring (bicyclic) bond motifs is 1. The van der Waals surface area contributed by atoms with Crippen LogP contribution in [-0.4, -0.2) is 74.5 Å². The number of ether oxygens (including phenoxy) is 1. The lowest BCUT2D eigenvalue weighted by atomic mass is 9.94. The van der Waals surface area contributed by atoms with Crippen LogP contribution in [0.1, 0.15) is 64.5 Å². The van der Waals surface area contributed by atoms with Gasteiger partial charge < -0.3 is 19.9 Å². The van der Waals surface area contributed by atoms with Crippen molar-refractivity contribution in [3.63, 3.8) is 0 Å². The third-order valence-corrected chi connectivity index (χ3v) is 6.50. The minimum absolute atomic E-state index is 0.0322. The van der Waals surface area contributed by atoms with Gasteiger partial charge in [-0.05, 0) is 70.5 Å². The second-order valence-electron chi connectivity index (χ2n) is 9.81. The third-order valence-electron chi connectivity index (χ3n) is 6.32. The van der Waals surface area contributed by atoms with E-state index in [0.29, 0.717) is 25.9 Å². The summed E-state index contributed by atoms with van der Waals surface area (Å²) >= 11 is 5.88. The van der Waals surface area contributed by atoms with Crippen molar-refractivity contribution in [1.29, 1.82) is 0 Å². The van der Waals surface area contributed by atoms with Gasteiger partial charge in [-0.25, -0.2) is 14.8 Å². The Labute approximate surface area is 192 Å². The molecule has 0 radical (unpaired) electrons. The quantitative estimate of drug-likeness (QED) is 0.690. The van der Waals surface area contributed by atoms with Crippen LogP contribution in [0.3, 0.4) is 0 Å². The van der Waals surface area contributed by atoms with Gasteiger partial charge in [0.15, 0.2) is 0 Å². The summed E-state index contributed by atoms with van der Waals surface area (Å²) in [5.74, 6) is -0.0953. The maximum Gasteiger partial charge on any atom is 0.408 e. The van der Waals surface area contributed by atoms with E-state index in [-0.39, 0.29) is 29.1 Å². The Bertz CT molecular complexity index is 899. The average molecular weight is 464 g/mol. The first-order valence-corrected chi connectivity index (χ1v) is 11.6. The van der Waals surface area contributed by atoms with E-state index in [2.05, 4.69) is 15.3 Å². The number of carbonyl (C=O) groups is 3. The highest BCUT2D eigenvalue weighted by atomic mass is 35.5. The molecule has 174 valence electrons. The van der Waals surface area contributed by atoms with E-state index in [4.69, 9.17) is 16.3 Å². The number of hydrogen-bond donors (Lipinski definition) is 1. The largest absolute Gasteiger partial charge is 0.444 e. The molecule has 32 heavy (non-hydrogen) atoms. The van der Waals surface area contributed by atoms with Gasteiger partial charge in [-0.15, -0.1) is 0 Å². The monoisotopic (exact) mass is 463 g/mol. The lowest BCUT2D eigenvalue weighted by Gasteiger charge is -2.42. The Morgan fingerprint density at radius 1 is 1.19 bits per heavy atom. The molecule has 4 heterocycles. The van der Waals surface area contributed by atoms with Crippen LogP contribution in [0.25, 0.3) is 0 Å². The van der Waals surface area contributed by atoms with E-state index in [1.807, 2.05) is 6.07 Å². The number of alkyl carbamates (subject to hydrolysis) is 1. The van der Waals surface area contributed by atoms with Crippen molar-refractivity contribution >= 4 is 29.5 Å². The van der Waals surface area contributed by atoms with Crippen LogP contribution in [0.4, 0.5) is 4.79 Å². The molecule has 3 atom stereocenters. The van der Waals surface area contributed by atoms with Gasteiger partial charge in [-0.2, -0.15) is 0 Å². The normalized spacial score (nSPS) is 26.2. The second kappa shape index (κ2) is 8.84. The van der Waals surface area contributed by atoms with Crippen molar-refractivity contribution in [1.82, 2.24) is 25.1 Å². The molecule has 1 N–H and O–H groups in total. The lowest BCUT2D eigenvalue weighted by Crippen LogP contribution is -2.58. The lowest BCUT2D eigenvalue weighted by molar-refractivity contribution is -0.148. The number of rotatable bonds is 3. The van der Waals surface area contributed by atoms with Gasteiger partial charge >= 0.3 is 6.09 Å². The summed E-state index contributed by atoms with van der Waals surface area (Å²) in [5.41, 5.74) is 0.180. The Hall–Kier alpha value is -2.42. The molecule has 0 saturated carbocycles. The summed E-state index contributed by atoms with van der Waals surface area (Å²) in [6, 6.07) is 0.702. The molecule has 3 aliphatic rings. The van der Waals surface area contributed by atoms with Gasteiger partial charge in [0.25, 0.3) is 0 Å². The van der Waals surface area contributed by atoms with Gasteiger partial charge in [-0.1, -0.05) is 0 Å². The number of halogens is 1. The highest BCUT2D eigenvalue weighted by Gasteiger charge is 2.47. The Kier molecular flexibility index (Phi) is 6.29. The predicted octanol–water partition coefficient (Wildman–Crippen LogP) is 2.49. The fourth-order valence-corrected chi connectivity index (χ4v) is 4.97. The molecule has 3 saturated heterocycles. The fraction of sp³-hybridized carbons (Fsp3) is 0.682. The number of nitrogens with zero attached hydrogens (tertiary/aromatic N) is 4. The SMILES string of the molecule is CC(C)(C)OC(=O)N[C@H]1CCC[C@H]2CC[C@@H](C(=O)N3CC(c4ccnc(Cl)n4)C3)N2C1=O. The molecule has 9 nitrogen and oxygen atoms in total. The van der Waals surface area contributed by atoms with Crippen LogP contribution in [0.2, 0.25) is 5.28 Å². The first-order chi connectivity index (χ1) is 15.1. The minimum atomic E-state index is -0.671. The molecule has 3 aliphatic heterocycles. The molecule has 1 aromatic heterocycles. The van der Waals surface area contributed by atoms with Crippen LogP contribution in [-0.2, 0) is 14.3 Å². The van der Waals surface area contributed by atoms with Crippen LogP contribution in [0.15, 0.2) is 12.3 Å². The summed E-state index contributed by atoms with van der Waals surface area (Å²) in [6.45, 7) is 6.44. The van der Waals surface area contributed by atoms with E-state index in [9.17, 15) is 14.4 Å². The van der Waals surface area contributed by atoms with Crippen molar-refractivity contribution in [3.8, 4) is 0 Å². The van der Waals surface area contributed by atoms with Crippen LogP contribution in [0, 0.1) is 0 Å². The average Bonchev–Trinajstić information content (AvgIpc) is 3.01. The second-order valence-corrected chi connectivity index (χ2v) is 10.2. The van der Waals surface area contributed by atoms with Gasteiger partial charge in [0.1, 0.15) is 17.7 Å². The fourth-order valence-electron chi connectivity index (χ4n) is 4.82. The number of hydrogen-bond acceptors (Lipinski definition) is 6. The molecule has 3 fully saturated rings. The summed E-state index contributed by atoms with van der Waals surface area (Å²) in [5, 5.41) is 2.92. The highest BCUT2D eigenvalue weighted by molar-refractivity contribution is 6.28. The maximum atomic E-state index is 13.3. The summed E-state index contributed by atoms with van der Waals surface area (Å²) in [7, 11) is 0. The Morgan fingerprint density at radius 3 is 2.62 bits per heavy atom. The van der Waals surface area contributed by atoms with Crippen molar-refractivity contribution in [2.24, 2.45) is 0 Å². The van der Waals surface area contributed by atoms with E-state index in [1.165, 1.54) is 0 Å². The number of likely N-dealkylation sites (tertiary alicyclic amines) is 1. The molecule has 4 rings (SSSR count). The molecule has 0 aliphatic carbocycles. The Morgan fingerprint density at radius 2 is 1.94 bits per heavy atom. The molecule has 0 aromatic carbocycles. The molecular weight excluding hydrogens is 434 g/mol. The molecule has 0 spiro atoms. The van der Waals surface area contributed by atoms with Gasteiger partial charge in [0, 0.05) is 31.2 Å². The zero-order valence-corrected chi connectivity index (χ0v) is 19.5. The van der Waals surface area contributed by atoms with Crippen LogP contribution < -0.4 is 5.32 Å². The third kappa shape index (κ3) is 4.82. The van der Waals surface area contributed by atoms with Crippen LogP contribution in [0.5, 0.6) is 0 Å². The zero-order valence-electron chi connectivity index (χ0n) is 18.7. The van der Waals surface area contributed by atoms with Crippen molar-refractivity contribution in [2.45, 2.75) is 82.5 Å². The molecule has 3 amide bonds. The highest BCUT2D eigenvalue weighted by Crippen LogP contribution is 2.35. The number of nitrogens with one attached hydrogen (secondary N) is 1. The molecule has 0 unspecified atom stereocenters. The standard InChI is InChI=1S/C22H30ClN5O4/c1-22(2,3)32-21(31)26-16-6-4-5-14-7-8-17(28(14)18(16)29)19(30)27-11-13(12-27)15-9-10-24-20(23)25-15/h9-10,13-14,16-17H,4-8,11-12H2,1-3H3,(H,26,31)/t14-,16-,17-/m0/s1. The molecule has 10 heteroatoms. The van der Waals surface area contributed by atoms with Crippen LogP contribution >= 0.6 is 11.6 Å². The van der Waals surface area contributed by atoms with E-state index in [1.54, 1.807) is 36.8 Å². The van der Waals surface area contributed by atoms with Crippen molar-refractivity contribution in [3.05, 3.63) is 23.2 Å². The molecule has 0 bridgehead atoms. The maximum absolute atomic E-state index is 13.3. The Balaban J connectivity index is 1.40. The molecule has 1 aromatic rings. The zero-order chi connectivity index (χ0) is 23.0. The summed E-state index contributed by atoms with van der Waals surface area (Å²) in [6.07, 6.45) is 4.66. The number of carbonyl (C=O) groups excluding carboxylic acids is 3. The first kappa shape index (κ1) is 22.8. The molecular formula is C22H30ClN5O4. The number of amides is 3. The summed E-state index contributed by atoms with van der Waals surface area (Å²) in [4.78, 5) is 50.5. The van der Waals surface area contributed by atoms with E-state index in [0.717, 1.165) is 25.0 Å². The van der Waals surface area contributed by atoms with Crippen molar-refractivity contribution < 1.29 is 19.1 Å². The smallest absolute Gasteiger partial charge is 0.408 e. The number of aromatic nitrogens is 2. The first-order valence-electron chi connectivity index (χ1n) is 11.2. The summed E-state index contributed by atoms with van der Waals surface area (Å²) < 4.78 is 5.33. The van der Waals surface area contributed by atoms with E-state index >= 15 is 0 Å². The predicted molar refractivity (Wildman–Crippen MR) is 117 cm³/mol. The van der Waals surface area contributed by atoms with Gasteiger partial charge in [0.05, 0.1) is 5.69 Å². The van der Waals surface area contributed by atoms with Gasteiger partial charge in [0.2, 0.25) is 17.1 Å². The van der Waals surface area contributed by atoms with Gasteiger partial charge in [-0.3, -0.25) is 9.59 Å². The minimum Gasteiger partial charge on any atom is -0.444 e. The topological polar surface area (TPSA) is 105 Å².